The lowest BCUT2D eigenvalue weighted by Gasteiger charge is -2.29. The Kier molecular flexibility index (Phi) is 7.42. The van der Waals surface area contributed by atoms with Gasteiger partial charge in [-0.25, -0.2) is 13.1 Å². The number of nitrogens with one attached hydrogen (secondary N) is 2. The SMILES string of the molecule is CCS(=O)(=O)N[C@H]1CC[C@H](CNc2ccc(-c3cccc(OC(F)(F)F)c3)nc2)CC1. The van der Waals surface area contributed by atoms with Crippen LogP contribution in [0, 0.1) is 5.92 Å². The number of nitrogens with zero attached hydrogens (tertiary/aromatic N) is 1. The van der Waals surface area contributed by atoms with E-state index in [1.165, 1.54) is 18.2 Å². The fourth-order valence-electron chi connectivity index (χ4n) is 3.61. The van der Waals surface area contributed by atoms with Crippen LogP contribution in [0.4, 0.5) is 18.9 Å². The Balaban J connectivity index is 1.50. The van der Waals surface area contributed by atoms with Crippen molar-refractivity contribution in [3.63, 3.8) is 0 Å². The summed E-state index contributed by atoms with van der Waals surface area (Å²) in [5, 5.41) is 3.34. The van der Waals surface area contributed by atoms with Crippen LogP contribution in [0.25, 0.3) is 11.3 Å². The Morgan fingerprint density at radius 2 is 1.87 bits per heavy atom. The van der Waals surface area contributed by atoms with Crippen LogP contribution in [0.3, 0.4) is 0 Å². The first kappa shape index (κ1) is 23.3. The van der Waals surface area contributed by atoms with E-state index in [-0.39, 0.29) is 17.5 Å². The van der Waals surface area contributed by atoms with E-state index >= 15 is 0 Å². The molecule has 6 nitrogen and oxygen atoms in total. The first-order chi connectivity index (χ1) is 14.6. The highest BCUT2D eigenvalue weighted by atomic mass is 32.2. The first-order valence-corrected chi connectivity index (χ1v) is 11.8. The maximum absolute atomic E-state index is 12.4. The van der Waals surface area contributed by atoms with Gasteiger partial charge >= 0.3 is 6.36 Å². The zero-order valence-electron chi connectivity index (χ0n) is 17.2. The molecule has 1 heterocycles. The molecule has 0 aliphatic heterocycles. The Labute approximate surface area is 180 Å². The van der Waals surface area contributed by atoms with Crippen molar-refractivity contribution in [1.82, 2.24) is 9.71 Å². The molecule has 1 saturated carbocycles. The minimum absolute atomic E-state index is 0.0132. The summed E-state index contributed by atoms with van der Waals surface area (Å²) in [4.78, 5) is 4.34. The van der Waals surface area contributed by atoms with Crippen molar-refractivity contribution in [2.75, 3.05) is 17.6 Å². The third-order valence-electron chi connectivity index (χ3n) is 5.29. The van der Waals surface area contributed by atoms with Crippen molar-refractivity contribution in [1.29, 1.82) is 0 Å². The Bertz CT molecular complexity index is 958. The van der Waals surface area contributed by atoms with Crippen molar-refractivity contribution in [2.24, 2.45) is 5.92 Å². The predicted octanol–water partition coefficient (Wildman–Crippen LogP) is 4.56. The van der Waals surface area contributed by atoms with Gasteiger partial charge in [-0.3, -0.25) is 4.98 Å². The van der Waals surface area contributed by atoms with Crippen molar-refractivity contribution in [3.05, 3.63) is 42.6 Å². The van der Waals surface area contributed by atoms with Gasteiger partial charge in [0.25, 0.3) is 0 Å². The number of rotatable bonds is 8. The van der Waals surface area contributed by atoms with E-state index in [2.05, 4.69) is 19.8 Å². The average molecular weight is 458 g/mol. The molecule has 170 valence electrons. The largest absolute Gasteiger partial charge is 0.573 e. The molecule has 0 radical (unpaired) electrons. The van der Waals surface area contributed by atoms with Crippen molar-refractivity contribution in [2.45, 2.75) is 45.0 Å². The first-order valence-electron chi connectivity index (χ1n) is 10.2. The molecule has 1 aliphatic carbocycles. The Morgan fingerprint density at radius 1 is 1.13 bits per heavy atom. The summed E-state index contributed by atoms with van der Waals surface area (Å²) in [6.07, 6.45) is 0.411. The van der Waals surface area contributed by atoms with E-state index in [4.69, 9.17) is 0 Å². The average Bonchev–Trinajstić information content (AvgIpc) is 2.72. The van der Waals surface area contributed by atoms with Crippen LogP contribution < -0.4 is 14.8 Å². The fraction of sp³-hybridized carbons (Fsp3) is 0.476. The van der Waals surface area contributed by atoms with Gasteiger partial charge in [-0.1, -0.05) is 12.1 Å². The number of aromatic nitrogens is 1. The lowest BCUT2D eigenvalue weighted by atomic mass is 9.86. The number of halogens is 3. The molecule has 10 heteroatoms. The standard InChI is InChI=1S/C21H26F3N3O3S/c1-2-31(28,29)27-17-8-6-15(7-9-17)13-25-18-10-11-20(26-14-18)16-4-3-5-19(12-16)30-21(22,23)24/h3-5,10-12,14-15,17,25,27H,2,6-9,13H2,1H3/t15-,17-. The van der Waals surface area contributed by atoms with E-state index in [0.29, 0.717) is 17.2 Å². The van der Waals surface area contributed by atoms with Crippen molar-refractivity contribution >= 4 is 15.7 Å². The highest BCUT2D eigenvalue weighted by Crippen LogP contribution is 2.28. The van der Waals surface area contributed by atoms with Gasteiger partial charge in [0.1, 0.15) is 5.75 Å². The molecular formula is C21H26F3N3O3S. The number of hydrogen-bond donors (Lipinski definition) is 2. The number of benzene rings is 1. The lowest BCUT2D eigenvalue weighted by molar-refractivity contribution is -0.274. The molecule has 0 amide bonds. The van der Waals surface area contributed by atoms with Crippen LogP contribution in [-0.4, -0.2) is 38.1 Å². The minimum atomic E-state index is -4.74. The maximum atomic E-state index is 12.4. The molecule has 1 aromatic heterocycles. The van der Waals surface area contributed by atoms with Crippen molar-refractivity contribution in [3.8, 4) is 17.0 Å². The monoisotopic (exact) mass is 457 g/mol. The van der Waals surface area contributed by atoms with Crippen LogP contribution in [0.5, 0.6) is 5.75 Å². The van der Waals surface area contributed by atoms with E-state index in [1.54, 1.807) is 25.3 Å². The molecular weight excluding hydrogens is 431 g/mol. The van der Waals surface area contributed by atoms with Gasteiger partial charge in [0, 0.05) is 18.2 Å². The van der Waals surface area contributed by atoms with Gasteiger partial charge in [-0.05, 0) is 62.8 Å². The number of pyridine rings is 1. The molecule has 3 rings (SSSR count). The van der Waals surface area contributed by atoms with Gasteiger partial charge in [0.2, 0.25) is 10.0 Å². The summed E-state index contributed by atoms with van der Waals surface area (Å²) in [7, 11) is -3.17. The normalized spacial score (nSPS) is 19.7. The minimum Gasteiger partial charge on any atom is -0.406 e. The highest BCUT2D eigenvalue weighted by molar-refractivity contribution is 7.89. The second-order valence-corrected chi connectivity index (χ2v) is 9.67. The third-order valence-corrected chi connectivity index (χ3v) is 6.75. The van der Waals surface area contributed by atoms with Crippen LogP contribution in [0.15, 0.2) is 42.6 Å². The lowest BCUT2D eigenvalue weighted by Crippen LogP contribution is -2.39. The Morgan fingerprint density at radius 3 is 2.48 bits per heavy atom. The summed E-state index contributed by atoms with van der Waals surface area (Å²) in [5.41, 5.74) is 1.89. The van der Waals surface area contributed by atoms with Crippen LogP contribution in [0.1, 0.15) is 32.6 Å². The molecule has 0 spiro atoms. The molecule has 2 aromatic rings. The summed E-state index contributed by atoms with van der Waals surface area (Å²) < 4.78 is 67.3. The number of hydrogen-bond acceptors (Lipinski definition) is 5. The second-order valence-electron chi connectivity index (χ2n) is 7.63. The molecule has 0 saturated heterocycles. The quantitative estimate of drug-likeness (QED) is 0.608. The Hall–Kier alpha value is -2.33. The molecule has 1 aliphatic rings. The maximum Gasteiger partial charge on any atom is 0.573 e. The topological polar surface area (TPSA) is 80.3 Å². The molecule has 31 heavy (non-hydrogen) atoms. The second kappa shape index (κ2) is 9.86. The summed E-state index contributed by atoms with van der Waals surface area (Å²) in [6, 6.07) is 9.29. The highest BCUT2D eigenvalue weighted by Gasteiger charge is 2.31. The number of anilines is 1. The van der Waals surface area contributed by atoms with Crippen molar-refractivity contribution < 1.29 is 26.3 Å². The van der Waals surface area contributed by atoms with E-state index in [9.17, 15) is 21.6 Å². The molecule has 1 fully saturated rings. The summed E-state index contributed by atoms with van der Waals surface area (Å²) in [6.45, 7) is 2.38. The van der Waals surface area contributed by atoms with Gasteiger partial charge < -0.3 is 10.1 Å². The van der Waals surface area contributed by atoms with Gasteiger partial charge in [0.05, 0.1) is 23.3 Å². The fourth-order valence-corrected chi connectivity index (χ4v) is 4.52. The van der Waals surface area contributed by atoms with Crippen LogP contribution in [-0.2, 0) is 10.0 Å². The van der Waals surface area contributed by atoms with Crippen LogP contribution >= 0.6 is 0 Å². The number of sulfonamides is 1. The number of ether oxygens (including phenoxy) is 1. The van der Waals surface area contributed by atoms with Gasteiger partial charge in [-0.15, -0.1) is 13.2 Å². The third kappa shape index (κ3) is 7.39. The van der Waals surface area contributed by atoms with Crippen LogP contribution in [0.2, 0.25) is 0 Å². The molecule has 0 bridgehead atoms. The predicted molar refractivity (Wildman–Crippen MR) is 113 cm³/mol. The van der Waals surface area contributed by atoms with E-state index < -0.39 is 16.4 Å². The number of alkyl halides is 3. The molecule has 0 atom stereocenters. The molecule has 0 unspecified atom stereocenters. The van der Waals surface area contributed by atoms with E-state index in [1.807, 2.05) is 6.07 Å². The van der Waals surface area contributed by atoms with E-state index in [0.717, 1.165) is 37.9 Å². The molecule has 2 N–H and O–H groups in total. The van der Waals surface area contributed by atoms with Gasteiger partial charge in [-0.2, -0.15) is 0 Å². The zero-order chi connectivity index (χ0) is 22.5. The zero-order valence-corrected chi connectivity index (χ0v) is 18.0. The van der Waals surface area contributed by atoms with Gasteiger partial charge in [0.15, 0.2) is 0 Å². The molecule has 1 aromatic carbocycles. The summed E-state index contributed by atoms with van der Waals surface area (Å²) >= 11 is 0. The summed E-state index contributed by atoms with van der Waals surface area (Å²) in [5.74, 6) is 0.251. The smallest absolute Gasteiger partial charge is 0.406 e.